The number of unbranched alkanes of at least 4 members (excludes halogenated alkanes) is 8. The van der Waals surface area contributed by atoms with Gasteiger partial charge >= 0.3 is 77.0 Å². The Morgan fingerprint density at radius 2 is 1.29 bits per heavy atom. The molecule has 0 saturated heterocycles. The molecule has 0 aromatic heterocycles. The third kappa shape index (κ3) is 22.6. The number of carboxylic acid groups (broad SMARTS) is 1. The van der Waals surface area contributed by atoms with Crippen LogP contribution in [0.5, 0.6) is 0 Å². The van der Waals surface area contributed by atoms with Crippen LogP contribution in [-0.2, 0) is 19.1 Å². The van der Waals surface area contributed by atoms with Crippen molar-refractivity contribution in [2.75, 3.05) is 13.1 Å². The molecule has 0 saturated carbocycles. The zero-order chi connectivity index (χ0) is 16.6. The molecule has 0 spiro atoms. The van der Waals surface area contributed by atoms with Crippen molar-refractivity contribution in [1.29, 1.82) is 0 Å². The molecule has 0 fully saturated rings. The predicted molar refractivity (Wildman–Crippen MR) is 97.7 cm³/mol. The van der Waals surface area contributed by atoms with Crippen LogP contribution in [-0.4, -0.2) is 95.2 Å². The molecular weight excluding hydrogens is 332 g/mol. The molecule has 0 amide bonds. The van der Waals surface area contributed by atoms with E-state index < -0.39 is 17.9 Å². The summed E-state index contributed by atoms with van der Waals surface area (Å²) in [6.07, 6.45) is 10.6. The number of nitrogens with one attached hydrogen (secondary N) is 1. The second-order valence-electron chi connectivity index (χ2n) is 5.42. The van der Waals surface area contributed by atoms with Crippen LogP contribution in [0.3, 0.4) is 0 Å². The first-order valence-corrected chi connectivity index (χ1v) is 8.22. The van der Waals surface area contributed by atoms with E-state index in [0.717, 1.165) is 19.3 Å². The van der Waals surface area contributed by atoms with Gasteiger partial charge < -0.3 is 9.84 Å². The van der Waals surface area contributed by atoms with Crippen molar-refractivity contribution in [3.8, 4) is 0 Å². The third-order valence-electron chi connectivity index (χ3n) is 3.26. The van der Waals surface area contributed by atoms with E-state index in [1.54, 1.807) is 0 Å². The maximum atomic E-state index is 11.4. The summed E-state index contributed by atoms with van der Waals surface area (Å²) in [6, 6.07) is 0. The van der Waals surface area contributed by atoms with Crippen LogP contribution in [0.25, 0.3) is 0 Å². The molecular formula is C16H31NNa2O5. The number of hydrogen-bond donors (Lipinski definition) is 2. The van der Waals surface area contributed by atoms with E-state index in [1.165, 1.54) is 38.5 Å². The van der Waals surface area contributed by atoms with Gasteiger partial charge in [-0.3, -0.25) is 19.7 Å². The fraction of sp³-hybridized carbons (Fsp3) is 0.812. The molecule has 132 valence electrons. The molecule has 0 aliphatic heterocycles. The average molecular weight is 363 g/mol. The van der Waals surface area contributed by atoms with E-state index in [9.17, 15) is 14.4 Å². The minimum absolute atomic E-state index is 0. The van der Waals surface area contributed by atoms with E-state index in [2.05, 4.69) is 17.0 Å². The molecule has 0 rings (SSSR count). The van der Waals surface area contributed by atoms with Crippen LogP contribution in [0.15, 0.2) is 0 Å². The Balaban J connectivity index is -0.00000220. The normalized spacial score (nSPS) is 9.54. The third-order valence-corrected chi connectivity index (χ3v) is 3.26. The summed E-state index contributed by atoms with van der Waals surface area (Å²) < 4.78 is 4.57. The van der Waals surface area contributed by atoms with Gasteiger partial charge in [0, 0.05) is 6.42 Å². The van der Waals surface area contributed by atoms with E-state index in [4.69, 9.17) is 5.11 Å². The summed E-state index contributed by atoms with van der Waals surface area (Å²) in [5, 5.41) is 10.7. The van der Waals surface area contributed by atoms with E-state index in [1.807, 2.05) is 0 Å². The average Bonchev–Trinajstić information content (AvgIpc) is 2.45. The number of carbonyl (C=O) groups excluding carboxylic acids is 2. The standard InChI is InChI=1S/C16H29NO5.2Na.2H/c1-2-3-4-5-6-7-8-9-10-11-15(20)22-16(21)13-17-12-14(18)19;;;;/h17H,2-13H2,1H3,(H,18,19);;;;. The van der Waals surface area contributed by atoms with E-state index in [-0.39, 0.29) is 78.6 Å². The molecule has 0 bridgehead atoms. The molecule has 0 heterocycles. The number of rotatable bonds is 14. The second kappa shape index (κ2) is 21.6. The molecule has 0 aliphatic carbocycles. The van der Waals surface area contributed by atoms with Gasteiger partial charge in [-0.2, -0.15) is 0 Å². The molecule has 2 N–H and O–H groups in total. The number of hydrogen-bond acceptors (Lipinski definition) is 5. The number of ether oxygens (including phenoxy) is 1. The first-order valence-electron chi connectivity index (χ1n) is 8.22. The van der Waals surface area contributed by atoms with Crippen molar-refractivity contribution < 1.29 is 24.2 Å². The topological polar surface area (TPSA) is 92.7 Å². The quantitative estimate of drug-likeness (QED) is 0.209. The SMILES string of the molecule is CCCCCCCCCCCC(=O)OC(=O)CNCC(=O)O.[NaH].[NaH]. The summed E-state index contributed by atoms with van der Waals surface area (Å²) in [6.45, 7) is 1.60. The van der Waals surface area contributed by atoms with Gasteiger partial charge in [-0.1, -0.05) is 58.3 Å². The van der Waals surface area contributed by atoms with Crippen LogP contribution >= 0.6 is 0 Å². The van der Waals surface area contributed by atoms with Crippen molar-refractivity contribution >= 4 is 77.0 Å². The minimum atomic E-state index is -1.06. The van der Waals surface area contributed by atoms with Crippen molar-refractivity contribution in [1.82, 2.24) is 5.32 Å². The number of carbonyl (C=O) groups is 3. The molecule has 8 heteroatoms. The van der Waals surface area contributed by atoms with Gasteiger partial charge in [0.05, 0.1) is 13.1 Å². The van der Waals surface area contributed by atoms with Crippen LogP contribution in [0, 0.1) is 0 Å². The van der Waals surface area contributed by atoms with E-state index in [0.29, 0.717) is 0 Å². The van der Waals surface area contributed by atoms with Gasteiger partial charge in [-0.05, 0) is 6.42 Å². The molecule has 6 nitrogen and oxygen atoms in total. The first kappa shape index (κ1) is 29.3. The number of aliphatic carboxylic acids is 1. The van der Waals surface area contributed by atoms with Crippen molar-refractivity contribution in [2.24, 2.45) is 0 Å². The van der Waals surface area contributed by atoms with Gasteiger partial charge in [0.15, 0.2) is 0 Å². The Morgan fingerprint density at radius 1 is 0.792 bits per heavy atom. The summed E-state index contributed by atoms with van der Waals surface area (Å²) in [7, 11) is 0. The summed E-state index contributed by atoms with van der Waals surface area (Å²) in [5.74, 6) is -2.33. The monoisotopic (exact) mass is 363 g/mol. The summed E-state index contributed by atoms with van der Waals surface area (Å²) >= 11 is 0. The molecule has 24 heavy (non-hydrogen) atoms. The number of carboxylic acids is 1. The van der Waals surface area contributed by atoms with Gasteiger partial charge in [0.2, 0.25) is 0 Å². The van der Waals surface area contributed by atoms with Gasteiger partial charge in [-0.25, -0.2) is 0 Å². The van der Waals surface area contributed by atoms with Crippen molar-refractivity contribution in [3.63, 3.8) is 0 Å². The molecule has 0 atom stereocenters. The van der Waals surface area contributed by atoms with Gasteiger partial charge in [0.25, 0.3) is 0 Å². The zero-order valence-corrected chi connectivity index (χ0v) is 13.6. The zero-order valence-electron chi connectivity index (χ0n) is 13.6. The van der Waals surface area contributed by atoms with Crippen molar-refractivity contribution in [2.45, 2.75) is 71.1 Å². The van der Waals surface area contributed by atoms with Crippen molar-refractivity contribution in [3.05, 3.63) is 0 Å². The Labute approximate surface area is 189 Å². The fourth-order valence-electron chi connectivity index (χ4n) is 2.07. The molecule has 0 radical (unpaired) electrons. The van der Waals surface area contributed by atoms with Gasteiger partial charge in [-0.15, -0.1) is 0 Å². The second-order valence-corrected chi connectivity index (χ2v) is 5.42. The predicted octanol–water partition coefficient (Wildman–Crippen LogP) is 1.35. The Bertz CT molecular complexity index is 340. The van der Waals surface area contributed by atoms with Crippen LogP contribution in [0.4, 0.5) is 0 Å². The van der Waals surface area contributed by atoms with E-state index >= 15 is 0 Å². The maximum absolute atomic E-state index is 11.4. The number of esters is 2. The fourth-order valence-corrected chi connectivity index (χ4v) is 2.07. The molecule has 0 aliphatic rings. The Kier molecular flexibility index (Phi) is 26.4. The van der Waals surface area contributed by atoms with Crippen LogP contribution in [0.1, 0.15) is 71.1 Å². The van der Waals surface area contributed by atoms with Gasteiger partial charge in [0.1, 0.15) is 0 Å². The molecule has 0 unspecified atom stereocenters. The molecule has 0 aromatic carbocycles. The van der Waals surface area contributed by atoms with Crippen LogP contribution in [0.2, 0.25) is 0 Å². The summed E-state index contributed by atoms with van der Waals surface area (Å²) in [5.41, 5.74) is 0. The Hall–Kier alpha value is 0.570. The molecule has 0 aromatic rings. The summed E-state index contributed by atoms with van der Waals surface area (Å²) in [4.78, 5) is 32.8. The Morgan fingerprint density at radius 3 is 1.79 bits per heavy atom. The van der Waals surface area contributed by atoms with Crippen LogP contribution < -0.4 is 5.32 Å². The first-order chi connectivity index (χ1) is 10.6.